The van der Waals surface area contributed by atoms with E-state index in [9.17, 15) is 4.79 Å². The van der Waals surface area contributed by atoms with Gasteiger partial charge in [-0.25, -0.2) is 0 Å². The van der Waals surface area contributed by atoms with E-state index in [1.54, 1.807) is 14.0 Å². The van der Waals surface area contributed by atoms with Crippen molar-refractivity contribution >= 4 is 5.91 Å². The number of amides is 1. The summed E-state index contributed by atoms with van der Waals surface area (Å²) in [5.74, 6) is 0.105. The van der Waals surface area contributed by atoms with Crippen LogP contribution in [0.15, 0.2) is 0 Å². The number of methoxy groups -OCH3 is 1. The second-order valence-corrected chi connectivity index (χ2v) is 4.54. The van der Waals surface area contributed by atoms with Gasteiger partial charge in [0.2, 0.25) is 0 Å². The molecule has 0 aliphatic carbocycles. The minimum Gasteiger partial charge on any atom is -0.372 e. The summed E-state index contributed by atoms with van der Waals surface area (Å²) >= 11 is 0. The molecule has 1 atom stereocenters. The lowest BCUT2D eigenvalue weighted by molar-refractivity contribution is -0.140. The molecule has 1 amide bonds. The molecule has 5 nitrogen and oxygen atoms in total. The SMILES string of the molecule is COC(C)C(=O)N1CCCN(CCCN)CC1. The minimum absolute atomic E-state index is 0.105. The molecule has 1 aliphatic heterocycles. The van der Waals surface area contributed by atoms with Crippen LogP contribution in [0.1, 0.15) is 19.8 Å². The second-order valence-electron chi connectivity index (χ2n) is 4.54. The Balaban J connectivity index is 2.39. The predicted octanol–water partition coefficient (Wildman–Crippen LogP) is -0.0956. The first kappa shape index (κ1) is 14.4. The van der Waals surface area contributed by atoms with E-state index in [4.69, 9.17) is 10.5 Å². The average Bonchev–Trinajstić information content (AvgIpc) is 2.59. The summed E-state index contributed by atoms with van der Waals surface area (Å²) in [7, 11) is 1.58. The largest absolute Gasteiger partial charge is 0.372 e. The number of hydrogen-bond donors (Lipinski definition) is 1. The molecule has 0 bridgehead atoms. The zero-order valence-electron chi connectivity index (χ0n) is 11.0. The Morgan fingerprint density at radius 2 is 2.12 bits per heavy atom. The zero-order valence-corrected chi connectivity index (χ0v) is 11.0. The van der Waals surface area contributed by atoms with Crippen LogP contribution < -0.4 is 5.73 Å². The molecule has 1 aliphatic rings. The monoisotopic (exact) mass is 243 g/mol. The first-order valence-electron chi connectivity index (χ1n) is 6.43. The van der Waals surface area contributed by atoms with Crippen LogP contribution in [0.25, 0.3) is 0 Å². The minimum atomic E-state index is -0.328. The highest BCUT2D eigenvalue weighted by Gasteiger charge is 2.22. The molecule has 1 heterocycles. The van der Waals surface area contributed by atoms with Crippen LogP contribution in [0.5, 0.6) is 0 Å². The van der Waals surface area contributed by atoms with Crippen LogP contribution in [0.4, 0.5) is 0 Å². The number of nitrogens with zero attached hydrogens (tertiary/aromatic N) is 2. The van der Waals surface area contributed by atoms with E-state index in [-0.39, 0.29) is 12.0 Å². The molecule has 1 saturated heterocycles. The topological polar surface area (TPSA) is 58.8 Å². The number of rotatable bonds is 5. The fourth-order valence-electron chi connectivity index (χ4n) is 2.09. The highest BCUT2D eigenvalue weighted by molar-refractivity contribution is 5.80. The highest BCUT2D eigenvalue weighted by Crippen LogP contribution is 2.06. The maximum Gasteiger partial charge on any atom is 0.251 e. The summed E-state index contributed by atoms with van der Waals surface area (Å²) in [4.78, 5) is 16.3. The molecule has 0 radical (unpaired) electrons. The number of carbonyl (C=O) groups is 1. The van der Waals surface area contributed by atoms with Gasteiger partial charge in [-0.05, 0) is 39.4 Å². The van der Waals surface area contributed by atoms with Crippen molar-refractivity contribution in [3.63, 3.8) is 0 Å². The van der Waals surface area contributed by atoms with Gasteiger partial charge in [-0.2, -0.15) is 0 Å². The van der Waals surface area contributed by atoms with Crippen molar-refractivity contribution in [2.75, 3.05) is 46.4 Å². The molecule has 0 aromatic rings. The van der Waals surface area contributed by atoms with E-state index < -0.39 is 0 Å². The van der Waals surface area contributed by atoms with Gasteiger partial charge in [0.25, 0.3) is 5.91 Å². The average molecular weight is 243 g/mol. The van der Waals surface area contributed by atoms with Gasteiger partial charge in [-0.3, -0.25) is 4.79 Å². The van der Waals surface area contributed by atoms with Crippen molar-refractivity contribution in [1.82, 2.24) is 9.80 Å². The van der Waals surface area contributed by atoms with Gasteiger partial charge in [0, 0.05) is 26.7 Å². The highest BCUT2D eigenvalue weighted by atomic mass is 16.5. The van der Waals surface area contributed by atoms with Crippen molar-refractivity contribution < 1.29 is 9.53 Å². The summed E-state index contributed by atoms with van der Waals surface area (Å²) in [6.45, 7) is 7.23. The maximum atomic E-state index is 12.0. The first-order chi connectivity index (χ1) is 8.19. The van der Waals surface area contributed by atoms with Gasteiger partial charge >= 0.3 is 0 Å². The van der Waals surface area contributed by atoms with Crippen LogP contribution in [-0.2, 0) is 9.53 Å². The molecule has 0 spiro atoms. The Hall–Kier alpha value is -0.650. The normalized spacial score (nSPS) is 20.1. The molecular formula is C12H25N3O2. The molecule has 0 aromatic heterocycles. The lowest BCUT2D eigenvalue weighted by Crippen LogP contribution is -2.41. The van der Waals surface area contributed by atoms with Crippen molar-refractivity contribution in [2.24, 2.45) is 5.73 Å². The Morgan fingerprint density at radius 1 is 1.35 bits per heavy atom. The van der Waals surface area contributed by atoms with Gasteiger partial charge in [-0.15, -0.1) is 0 Å². The van der Waals surface area contributed by atoms with Gasteiger partial charge in [0.15, 0.2) is 0 Å². The Morgan fingerprint density at radius 3 is 2.76 bits per heavy atom. The molecule has 0 saturated carbocycles. The van der Waals surface area contributed by atoms with E-state index in [1.165, 1.54) is 0 Å². The molecule has 1 rings (SSSR count). The second kappa shape index (κ2) is 7.63. The quantitative estimate of drug-likeness (QED) is 0.733. The van der Waals surface area contributed by atoms with Gasteiger partial charge in [-0.1, -0.05) is 0 Å². The van der Waals surface area contributed by atoms with E-state index in [0.717, 1.165) is 52.1 Å². The molecule has 100 valence electrons. The van der Waals surface area contributed by atoms with Crippen molar-refractivity contribution in [2.45, 2.75) is 25.9 Å². The number of ether oxygens (including phenoxy) is 1. The maximum absolute atomic E-state index is 12.0. The molecule has 5 heteroatoms. The predicted molar refractivity (Wildman–Crippen MR) is 67.8 cm³/mol. The van der Waals surface area contributed by atoms with E-state index in [2.05, 4.69) is 4.90 Å². The number of carbonyl (C=O) groups excluding carboxylic acids is 1. The van der Waals surface area contributed by atoms with Gasteiger partial charge in [0.05, 0.1) is 0 Å². The summed E-state index contributed by atoms with van der Waals surface area (Å²) in [6.07, 6.45) is 1.74. The van der Waals surface area contributed by atoms with Crippen LogP contribution >= 0.6 is 0 Å². The van der Waals surface area contributed by atoms with Crippen molar-refractivity contribution in [1.29, 1.82) is 0 Å². The molecule has 1 unspecified atom stereocenters. The summed E-state index contributed by atoms with van der Waals surface area (Å²) in [5, 5.41) is 0. The standard InChI is InChI=1S/C12H25N3O2/c1-11(17-2)12(16)15-8-4-7-14(9-10-15)6-3-5-13/h11H,3-10,13H2,1-2H3. The Bertz CT molecular complexity index is 236. The van der Waals surface area contributed by atoms with Crippen molar-refractivity contribution in [3.8, 4) is 0 Å². The summed E-state index contributed by atoms with van der Waals surface area (Å²) < 4.78 is 5.08. The number of nitrogens with two attached hydrogens (primary N) is 1. The Labute approximate surface area is 104 Å². The van der Waals surface area contributed by atoms with Crippen LogP contribution in [0, 0.1) is 0 Å². The lowest BCUT2D eigenvalue weighted by Gasteiger charge is -2.24. The van der Waals surface area contributed by atoms with E-state index in [0.29, 0.717) is 0 Å². The van der Waals surface area contributed by atoms with E-state index >= 15 is 0 Å². The third-order valence-electron chi connectivity index (χ3n) is 3.28. The fraction of sp³-hybridized carbons (Fsp3) is 0.917. The van der Waals surface area contributed by atoms with E-state index in [1.807, 2.05) is 4.90 Å². The van der Waals surface area contributed by atoms with Crippen LogP contribution in [0.2, 0.25) is 0 Å². The van der Waals surface area contributed by atoms with Crippen LogP contribution in [-0.4, -0.2) is 68.2 Å². The molecule has 0 aromatic carbocycles. The van der Waals surface area contributed by atoms with Crippen molar-refractivity contribution in [3.05, 3.63) is 0 Å². The summed E-state index contributed by atoms with van der Waals surface area (Å²) in [5.41, 5.74) is 5.51. The summed E-state index contributed by atoms with van der Waals surface area (Å²) in [6, 6.07) is 0. The van der Waals surface area contributed by atoms with Crippen LogP contribution in [0.3, 0.4) is 0 Å². The smallest absolute Gasteiger partial charge is 0.251 e. The third-order valence-corrected chi connectivity index (χ3v) is 3.28. The molecule has 2 N–H and O–H groups in total. The zero-order chi connectivity index (χ0) is 12.7. The molecule has 17 heavy (non-hydrogen) atoms. The molecule has 1 fully saturated rings. The Kier molecular flexibility index (Phi) is 6.47. The van der Waals surface area contributed by atoms with Gasteiger partial charge in [0.1, 0.15) is 6.10 Å². The lowest BCUT2D eigenvalue weighted by atomic mass is 10.3. The number of hydrogen-bond acceptors (Lipinski definition) is 4. The molecular weight excluding hydrogens is 218 g/mol. The first-order valence-corrected chi connectivity index (χ1v) is 6.43. The third kappa shape index (κ3) is 4.61. The van der Waals surface area contributed by atoms with Gasteiger partial charge < -0.3 is 20.3 Å². The fourth-order valence-corrected chi connectivity index (χ4v) is 2.09.